The number of hydrogen-bond donors (Lipinski definition) is 1. The average Bonchev–Trinajstić information content (AvgIpc) is 3.10. The molecule has 0 aliphatic carbocycles. The summed E-state index contributed by atoms with van der Waals surface area (Å²) in [6.07, 6.45) is 5.55. The van der Waals surface area contributed by atoms with Crippen LogP contribution < -0.4 is 5.32 Å². The van der Waals surface area contributed by atoms with Crippen molar-refractivity contribution < 1.29 is 9.59 Å². The van der Waals surface area contributed by atoms with Crippen molar-refractivity contribution in [2.75, 3.05) is 18.9 Å². The van der Waals surface area contributed by atoms with Crippen LogP contribution in [0.25, 0.3) is 17.0 Å². The number of para-hydroxylation sites is 2. The number of nitrogens with zero attached hydrogens (tertiary/aromatic N) is 3. The van der Waals surface area contributed by atoms with Crippen LogP contribution >= 0.6 is 15.9 Å². The van der Waals surface area contributed by atoms with Gasteiger partial charge in [-0.2, -0.15) is 5.26 Å². The number of amides is 2. The zero-order valence-corrected chi connectivity index (χ0v) is 18.1. The third-order valence-electron chi connectivity index (χ3n) is 4.59. The standard InChI is InChI=1S/C23H21BrN4O2/c1-27(16-22(29)26-20-9-4-3-8-19(20)24)23(30)12-11-17-15-28(14-6-13-25)21-10-5-2-7-18(17)21/h2-5,7-12,15H,6,14,16H2,1H3,(H,26,29)/b12-11+. The van der Waals surface area contributed by atoms with Gasteiger partial charge in [-0.05, 0) is 40.2 Å². The Morgan fingerprint density at radius 2 is 1.93 bits per heavy atom. The van der Waals surface area contributed by atoms with Gasteiger partial charge in [-0.3, -0.25) is 9.59 Å². The monoisotopic (exact) mass is 464 g/mol. The zero-order chi connectivity index (χ0) is 21.5. The number of carbonyl (C=O) groups is 2. The van der Waals surface area contributed by atoms with E-state index in [1.165, 1.54) is 11.0 Å². The number of aryl methyl sites for hydroxylation is 1. The molecule has 1 N–H and O–H groups in total. The highest BCUT2D eigenvalue weighted by Gasteiger charge is 2.12. The molecule has 0 atom stereocenters. The third-order valence-corrected chi connectivity index (χ3v) is 5.29. The summed E-state index contributed by atoms with van der Waals surface area (Å²) >= 11 is 3.38. The first-order valence-electron chi connectivity index (χ1n) is 9.42. The number of hydrogen-bond acceptors (Lipinski definition) is 3. The van der Waals surface area contributed by atoms with E-state index in [1.807, 2.05) is 53.2 Å². The predicted molar refractivity (Wildman–Crippen MR) is 122 cm³/mol. The van der Waals surface area contributed by atoms with E-state index in [4.69, 9.17) is 5.26 Å². The van der Waals surface area contributed by atoms with Crippen LogP contribution in [-0.4, -0.2) is 34.9 Å². The minimum Gasteiger partial charge on any atom is -0.346 e. The number of aromatic nitrogens is 1. The molecule has 7 heteroatoms. The van der Waals surface area contributed by atoms with Crippen LogP contribution in [0.5, 0.6) is 0 Å². The summed E-state index contributed by atoms with van der Waals surface area (Å²) in [5.41, 5.74) is 2.56. The number of fused-ring (bicyclic) bond motifs is 1. The van der Waals surface area contributed by atoms with Crippen molar-refractivity contribution in [3.63, 3.8) is 0 Å². The molecule has 2 aromatic carbocycles. The molecule has 3 rings (SSSR count). The van der Waals surface area contributed by atoms with E-state index in [1.54, 1.807) is 19.2 Å². The molecule has 1 aromatic heterocycles. The number of likely N-dealkylation sites (N-methyl/N-ethyl adjacent to an activating group) is 1. The summed E-state index contributed by atoms with van der Waals surface area (Å²) < 4.78 is 2.79. The second-order valence-corrected chi connectivity index (χ2v) is 7.61. The average molecular weight is 465 g/mol. The van der Waals surface area contributed by atoms with Crippen molar-refractivity contribution in [2.45, 2.75) is 13.0 Å². The molecular formula is C23H21BrN4O2. The molecule has 0 saturated heterocycles. The fourth-order valence-corrected chi connectivity index (χ4v) is 3.48. The maximum absolute atomic E-state index is 12.5. The van der Waals surface area contributed by atoms with Crippen LogP contribution in [0.15, 0.2) is 65.3 Å². The number of anilines is 1. The molecule has 2 amide bonds. The van der Waals surface area contributed by atoms with Gasteiger partial charge in [0.1, 0.15) is 0 Å². The Kier molecular flexibility index (Phi) is 7.04. The van der Waals surface area contributed by atoms with Gasteiger partial charge in [0, 0.05) is 46.8 Å². The van der Waals surface area contributed by atoms with Crippen LogP contribution in [0.1, 0.15) is 12.0 Å². The molecule has 0 aliphatic heterocycles. The largest absolute Gasteiger partial charge is 0.346 e. The first-order valence-corrected chi connectivity index (χ1v) is 10.2. The fourth-order valence-electron chi connectivity index (χ4n) is 3.10. The van der Waals surface area contributed by atoms with Crippen LogP contribution in [0.2, 0.25) is 0 Å². The smallest absolute Gasteiger partial charge is 0.246 e. The highest BCUT2D eigenvalue weighted by atomic mass is 79.9. The van der Waals surface area contributed by atoms with Gasteiger partial charge >= 0.3 is 0 Å². The topological polar surface area (TPSA) is 78.1 Å². The third kappa shape index (κ3) is 5.16. The van der Waals surface area contributed by atoms with Crippen LogP contribution in [-0.2, 0) is 16.1 Å². The second kappa shape index (κ2) is 9.90. The molecule has 0 spiro atoms. The van der Waals surface area contributed by atoms with E-state index in [-0.39, 0.29) is 18.4 Å². The van der Waals surface area contributed by atoms with Crippen LogP contribution in [0, 0.1) is 11.3 Å². The van der Waals surface area contributed by atoms with E-state index in [2.05, 4.69) is 27.3 Å². The number of nitrogens with one attached hydrogen (secondary N) is 1. The molecule has 6 nitrogen and oxygen atoms in total. The second-order valence-electron chi connectivity index (χ2n) is 6.76. The first-order chi connectivity index (χ1) is 14.5. The first kappa shape index (κ1) is 21.3. The van der Waals surface area contributed by atoms with E-state index >= 15 is 0 Å². The Morgan fingerprint density at radius 3 is 2.70 bits per heavy atom. The van der Waals surface area contributed by atoms with Crippen LogP contribution in [0.4, 0.5) is 5.69 Å². The lowest BCUT2D eigenvalue weighted by Crippen LogP contribution is -2.33. The lowest BCUT2D eigenvalue weighted by atomic mass is 10.1. The quantitative estimate of drug-likeness (QED) is 0.525. The van der Waals surface area contributed by atoms with Crippen molar-refractivity contribution in [1.29, 1.82) is 5.26 Å². The summed E-state index contributed by atoms with van der Waals surface area (Å²) in [6, 6.07) is 17.3. The number of rotatable bonds is 7. The summed E-state index contributed by atoms with van der Waals surface area (Å²) in [4.78, 5) is 26.1. The van der Waals surface area contributed by atoms with Crippen molar-refractivity contribution >= 4 is 50.4 Å². The number of halogens is 1. The Hall–Kier alpha value is -3.37. The van der Waals surface area contributed by atoms with Gasteiger partial charge < -0.3 is 14.8 Å². The Morgan fingerprint density at radius 1 is 1.20 bits per heavy atom. The highest BCUT2D eigenvalue weighted by molar-refractivity contribution is 9.10. The fraction of sp³-hybridized carbons (Fsp3) is 0.174. The lowest BCUT2D eigenvalue weighted by molar-refractivity contribution is -0.129. The van der Waals surface area contributed by atoms with Gasteiger partial charge in [0.15, 0.2) is 0 Å². The summed E-state index contributed by atoms with van der Waals surface area (Å²) in [6.45, 7) is 0.530. The molecule has 0 saturated carbocycles. The summed E-state index contributed by atoms with van der Waals surface area (Å²) in [7, 11) is 1.59. The molecule has 152 valence electrons. The minimum absolute atomic E-state index is 0.0611. The maximum Gasteiger partial charge on any atom is 0.246 e. The number of carbonyl (C=O) groups excluding carboxylic acids is 2. The molecule has 0 unspecified atom stereocenters. The zero-order valence-electron chi connectivity index (χ0n) is 16.5. The SMILES string of the molecule is CN(CC(=O)Nc1ccccc1Br)C(=O)/C=C/c1cn(CCC#N)c2ccccc12. The van der Waals surface area contributed by atoms with E-state index < -0.39 is 0 Å². The minimum atomic E-state index is -0.278. The predicted octanol–water partition coefficient (Wildman–Crippen LogP) is 4.43. The lowest BCUT2D eigenvalue weighted by Gasteiger charge is -2.15. The van der Waals surface area contributed by atoms with E-state index in [9.17, 15) is 9.59 Å². The van der Waals surface area contributed by atoms with Crippen molar-refractivity contribution in [3.05, 3.63) is 70.8 Å². The molecule has 30 heavy (non-hydrogen) atoms. The molecule has 1 heterocycles. The molecule has 0 bridgehead atoms. The van der Waals surface area contributed by atoms with Crippen molar-refractivity contribution in [3.8, 4) is 6.07 Å². The molecule has 3 aromatic rings. The maximum atomic E-state index is 12.5. The molecular weight excluding hydrogens is 444 g/mol. The van der Waals surface area contributed by atoms with Gasteiger partial charge in [-0.1, -0.05) is 30.3 Å². The van der Waals surface area contributed by atoms with Gasteiger partial charge in [0.25, 0.3) is 0 Å². The summed E-state index contributed by atoms with van der Waals surface area (Å²) in [5.74, 6) is -0.551. The number of benzene rings is 2. The molecule has 0 radical (unpaired) electrons. The van der Waals surface area contributed by atoms with E-state index in [0.29, 0.717) is 18.7 Å². The van der Waals surface area contributed by atoms with Gasteiger partial charge in [0.2, 0.25) is 11.8 Å². The Balaban J connectivity index is 1.67. The summed E-state index contributed by atoms with van der Waals surface area (Å²) in [5, 5.41) is 12.7. The van der Waals surface area contributed by atoms with Gasteiger partial charge in [0.05, 0.1) is 24.7 Å². The molecule has 0 aliphatic rings. The van der Waals surface area contributed by atoms with Crippen molar-refractivity contribution in [1.82, 2.24) is 9.47 Å². The number of nitriles is 1. The van der Waals surface area contributed by atoms with Crippen molar-refractivity contribution in [2.24, 2.45) is 0 Å². The Bertz CT molecular complexity index is 1140. The van der Waals surface area contributed by atoms with Crippen LogP contribution in [0.3, 0.4) is 0 Å². The van der Waals surface area contributed by atoms with Gasteiger partial charge in [-0.25, -0.2) is 0 Å². The highest BCUT2D eigenvalue weighted by Crippen LogP contribution is 2.23. The molecule has 0 fully saturated rings. The van der Waals surface area contributed by atoms with Gasteiger partial charge in [-0.15, -0.1) is 0 Å². The normalized spacial score (nSPS) is 10.8. The Labute approximate surface area is 183 Å². The van der Waals surface area contributed by atoms with E-state index in [0.717, 1.165) is 20.9 Å².